The summed E-state index contributed by atoms with van der Waals surface area (Å²) in [5.41, 5.74) is 3.41. The molecule has 0 bridgehead atoms. The Morgan fingerprint density at radius 1 is 1.08 bits per heavy atom. The Morgan fingerprint density at radius 2 is 1.81 bits per heavy atom. The molecule has 2 amide bonds. The lowest BCUT2D eigenvalue weighted by molar-refractivity contribution is -0.115. The van der Waals surface area contributed by atoms with E-state index < -0.39 is 5.25 Å². The number of carbonyl (C=O) groups is 2. The first-order valence-corrected chi connectivity index (χ1v) is 12.5. The number of hydrogen-bond donors (Lipinski definition) is 1. The second kappa shape index (κ2) is 10.1. The van der Waals surface area contributed by atoms with Crippen LogP contribution in [0.15, 0.2) is 77.4 Å². The number of hydrogen-bond acceptors (Lipinski definition) is 6. The van der Waals surface area contributed by atoms with Crippen molar-refractivity contribution in [1.29, 1.82) is 0 Å². The standard InChI is InChI=1S/C27H22ClN3O4S/c1-16-3-10-21(11-4-16)31-26(33)22(13-18-5-12-23-24(14-18)35-15-34-23)30-27(31)36-17(2)25(32)29-20-8-6-19(28)7-9-20/h3-14,17H,15H2,1-2H3,(H,29,32)/b22-13-. The Bertz CT molecular complexity index is 1390. The number of thioether (sulfide) groups is 1. The molecule has 0 spiro atoms. The van der Waals surface area contributed by atoms with Gasteiger partial charge >= 0.3 is 0 Å². The van der Waals surface area contributed by atoms with Crippen LogP contribution >= 0.6 is 23.4 Å². The summed E-state index contributed by atoms with van der Waals surface area (Å²) in [6, 6.07) is 19.9. The number of rotatable bonds is 5. The van der Waals surface area contributed by atoms with Crippen molar-refractivity contribution in [3.8, 4) is 11.5 Å². The van der Waals surface area contributed by atoms with Gasteiger partial charge in [-0.1, -0.05) is 47.1 Å². The number of nitrogens with zero attached hydrogens (tertiary/aromatic N) is 2. The average Bonchev–Trinajstić information content (AvgIpc) is 3.45. The lowest BCUT2D eigenvalue weighted by Gasteiger charge is -2.20. The van der Waals surface area contributed by atoms with Crippen LogP contribution in [-0.4, -0.2) is 29.0 Å². The first kappa shape index (κ1) is 24.0. The van der Waals surface area contributed by atoms with Gasteiger partial charge in [-0.3, -0.25) is 14.5 Å². The van der Waals surface area contributed by atoms with Gasteiger partial charge in [0.1, 0.15) is 5.70 Å². The SMILES string of the molecule is Cc1ccc(N2C(=O)/C(=C/c3ccc4c(c3)OCO4)N=C2SC(C)C(=O)Nc2ccc(Cl)cc2)cc1. The number of fused-ring (bicyclic) bond motifs is 1. The van der Waals surface area contributed by atoms with Gasteiger partial charge < -0.3 is 14.8 Å². The van der Waals surface area contributed by atoms with Crippen molar-refractivity contribution in [3.63, 3.8) is 0 Å². The van der Waals surface area contributed by atoms with E-state index in [0.29, 0.717) is 33.1 Å². The molecular weight excluding hydrogens is 498 g/mol. The van der Waals surface area contributed by atoms with Gasteiger partial charge in [0.05, 0.1) is 10.9 Å². The van der Waals surface area contributed by atoms with Crippen LogP contribution in [0.1, 0.15) is 18.1 Å². The van der Waals surface area contributed by atoms with Crippen molar-refractivity contribution < 1.29 is 19.1 Å². The highest BCUT2D eigenvalue weighted by Crippen LogP contribution is 2.35. The Hall–Kier alpha value is -3.75. The summed E-state index contributed by atoms with van der Waals surface area (Å²) in [5, 5.41) is 3.36. The third-order valence-corrected chi connectivity index (χ3v) is 6.89. The van der Waals surface area contributed by atoms with Gasteiger partial charge in [-0.15, -0.1) is 0 Å². The lowest BCUT2D eigenvalue weighted by atomic mass is 10.1. The molecule has 3 aromatic carbocycles. The normalized spacial score (nSPS) is 16.3. The van der Waals surface area contributed by atoms with Crippen LogP contribution in [0, 0.1) is 6.92 Å². The Kier molecular flexibility index (Phi) is 6.71. The highest BCUT2D eigenvalue weighted by atomic mass is 35.5. The molecule has 1 N–H and O–H groups in total. The van der Waals surface area contributed by atoms with Crippen molar-refractivity contribution >= 4 is 57.8 Å². The molecule has 2 heterocycles. The molecule has 3 aromatic rings. The van der Waals surface area contributed by atoms with Gasteiger partial charge in [-0.25, -0.2) is 4.99 Å². The van der Waals surface area contributed by atoms with E-state index in [2.05, 4.69) is 10.3 Å². The van der Waals surface area contributed by atoms with Crippen LogP contribution in [0.25, 0.3) is 6.08 Å². The van der Waals surface area contributed by atoms with Gasteiger partial charge in [0, 0.05) is 10.7 Å². The predicted octanol–water partition coefficient (Wildman–Crippen LogP) is 5.88. The summed E-state index contributed by atoms with van der Waals surface area (Å²) in [4.78, 5) is 32.5. The molecule has 0 aromatic heterocycles. The number of amidine groups is 1. The highest BCUT2D eigenvalue weighted by molar-refractivity contribution is 8.15. The first-order valence-electron chi connectivity index (χ1n) is 11.2. The molecule has 0 aliphatic carbocycles. The molecule has 7 nitrogen and oxygen atoms in total. The minimum Gasteiger partial charge on any atom is -0.454 e. The fraction of sp³-hybridized carbons (Fsp3) is 0.148. The number of aryl methyl sites for hydroxylation is 1. The van der Waals surface area contributed by atoms with Gasteiger partial charge in [-0.05, 0) is 74.0 Å². The van der Waals surface area contributed by atoms with Crippen LogP contribution in [-0.2, 0) is 9.59 Å². The monoisotopic (exact) mass is 519 g/mol. The Balaban J connectivity index is 1.42. The fourth-order valence-electron chi connectivity index (χ4n) is 3.65. The number of aliphatic imine (C=N–C) groups is 1. The molecule has 2 aliphatic rings. The summed E-state index contributed by atoms with van der Waals surface area (Å²) in [7, 11) is 0. The second-order valence-corrected chi connectivity index (χ2v) is 10.0. The molecule has 0 saturated heterocycles. The number of halogens is 1. The van der Waals surface area contributed by atoms with Crippen LogP contribution in [0.5, 0.6) is 11.5 Å². The Morgan fingerprint density at radius 3 is 2.56 bits per heavy atom. The molecule has 5 rings (SSSR count). The molecule has 0 radical (unpaired) electrons. The van der Waals surface area contributed by atoms with Crippen LogP contribution in [0.3, 0.4) is 0 Å². The third-order valence-electron chi connectivity index (χ3n) is 5.58. The van der Waals surface area contributed by atoms with E-state index in [1.54, 1.807) is 43.3 Å². The number of amides is 2. The zero-order chi connectivity index (χ0) is 25.2. The van der Waals surface area contributed by atoms with E-state index in [4.69, 9.17) is 21.1 Å². The molecule has 182 valence electrons. The van der Waals surface area contributed by atoms with Gasteiger partial charge in [0.15, 0.2) is 16.7 Å². The summed E-state index contributed by atoms with van der Waals surface area (Å²) in [6.07, 6.45) is 1.71. The molecule has 2 aliphatic heterocycles. The van der Waals surface area contributed by atoms with E-state index in [-0.39, 0.29) is 24.3 Å². The topological polar surface area (TPSA) is 80.2 Å². The fourth-order valence-corrected chi connectivity index (χ4v) is 4.70. The van der Waals surface area contributed by atoms with Crippen molar-refractivity contribution in [3.05, 3.63) is 88.6 Å². The van der Waals surface area contributed by atoms with Gasteiger partial charge in [0.25, 0.3) is 5.91 Å². The number of benzene rings is 3. The molecule has 0 fully saturated rings. The number of nitrogens with one attached hydrogen (secondary N) is 1. The summed E-state index contributed by atoms with van der Waals surface area (Å²) >= 11 is 7.15. The van der Waals surface area contributed by atoms with Gasteiger partial charge in [0.2, 0.25) is 12.7 Å². The van der Waals surface area contributed by atoms with Crippen LogP contribution < -0.4 is 19.7 Å². The van der Waals surface area contributed by atoms with Gasteiger partial charge in [-0.2, -0.15) is 0 Å². The van der Waals surface area contributed by atoms with E-state index in [1.807, 2.05) is 43.3 Å². The van der Waals surface area contributed by atoms with Crippen molar-refractivity contribution in [2.24, 2.45) is 4.99 Å². The molecular formula is C27H22ClN3O4S. The molecule has 36 heavy (non-hydrogen) atoms. The number of carbonyl (C=O) groups excluding carboxylic acids is 2. The minimum atomic E-state index is -0.523. The first-order chi connectivity index (χ1) is 17.4. The van der Waals surface area contributed by atoms with Crippen LogP contribution in [0.4, 0.5) is 11.4 Å². The molecule has 1 atom stereocenters. The smallest absolute Gasteiger partial charge is 0.283 e. The van der Waals surface area contributed by atoms with Crippen molar-refractivity contribution in [2.45, 2.75) is 19.1 Å². The van der Waals surface area contributed by atoms with Crippen molar-refractivity contribution in [1.82, 2.24) is 0 Å². The Labute approximate surface area is 217 Å². The summed E-state index contributed by atoms with van der Waals surface area (Å²) in [6.45, 7) is 3.92. The van der Waals surface area contributed by atoms with E-state index in [9.17, 15) is 9.59 Å². The lowest BCUT2D eigenvalue weighted by Crippen LogP contribution is -2.33. The quantitative estimate of drug-likeness (QED) is 0.426. The minimum absolute atomic E-state index is 0.171. The number of anilines is 2. The summed E-state index contributed by atoms with van der Waals surface area (Å²) in [5.74, 6) is 0.798. The maximum atomic E-state index is 13.5. The molecule has 0 saturated carbocycles. The zero-order valence-corrected chi connectivity index (χ0v) is 21.1. The highest BCUT2D eigenvalue weighted by Gasteiger charge is 2.34. The summed E-state index contributed by atoms with van der Waals surface area (Å²) < 4.78 is 10.8. The van der Waals surface area contributed by atoms with E-state index in [1.165, 1.54) is 16.7 Å². The second-order valence-electron chi connectivity index (χ2n) is 8.27. The maximum absolute atomic E-state index is 13.5. The predicted molar refractivity (Wildman–Crippen MR) is 144 cm³/mol. The molecule has 9 heteroatoms. The zero-order valence-electron chi connectivity index (χ0n) is 19.5. The van der Waals surface area contributed by atoms with Crippen LogP contribution in [0.2, 0.25) is 5.02 Å². The maximum Gasteiger partial charge on any atom is 0.283 e. The average molecular weight is 520 g/mol. The number of ether oxygens (including phenoxy) is 2. The van der Waals surface area contributed by atoms with Crippen molar-refractivity contribution in [2.75, 3.05) is 17.0 Å². The largest absolute Gasteiger partial charge is 0.454 e. The third kappa shape index (κ3) is 5.10. The van der Waals surface area contributed by atoms with E-state index >= 15 is 0 Å². The van der Waals surface area contributed by atoms with E-state index in [0.717, 1.165) is 11.1 Å². The molecule has 1 unspecified atom stereocenters.